The van der Waals surface area contributed by atoms with Crippen LogP contribution >= 0.6 is 0 Å². The summed E-state index contributed by atoms with van der Waals surface area (Å²) in [7, 11) is 0. The fraction of sp³-hybridized carbons (Fsp3) is 0.353. The second-order valence-corrected chi connectivity index (χ2v) is 5.25. The van der Waals surface area contributed by atoms with Gasteiger partial charge in [-0.3, -0.25) is 4.79 Å². The van der Waals surface area contributed by atoms with Crippen molar-refractivity contribution >= 4 is 17.4 Å². The number of amides is 1. The molecule has 5 heteroatoms. The molecular formula is C17H22N4O. The SMILES string of the molecule is CCc1ccc(NC(=O)c2cnc(NC(C)CC)cn2)cc1. The van der Waals surface area contributed by atoms with E-state index >= 15 is 0 Å². The highest BCUT2D eigenvalue weighted by atomic mass is 16.1. The highest BCUT2D eigenvalue weighted by Crippen LogP contribution is 2.11. The summed E-state index contributed by atoms with van der Waals surface area (Å²) in [6.07, 6.45) is 5.05. The Hall–Kier alpha value is -2.43. The normalized spacial score (nSPS) is 11.8. The molecule has 1 unspecified atom stereocenters. The van der Waals surface area contributed by atoms with Crippen LogP contribution in [0.2, 0.25) is 0 Å². The molecular weight excluding hydrogens is 276 g/mol. The van der Waals surface area contributed by atoms with E-state index in [0.717, 1.165) is 18.5 Å². The first-order valence-corrected chi connectivity index (χ1v) is 7.61. The molecule has 5 nitrogen and oxygen atoms in total. The topological polar surface area (TPSA) is 66.9 Å². The number of anilines is 2. The first kappa shape index (κ1) is 15.9. The number of aryl methyl sites for hydroxylation is 1. The molecule has 2 aromatic rings. The quantitative estimate of drug-likeness (QED) is 0.856. The van der Waals surface area contributed by atoms with Crippen molar-refractivity contribution in [1.29, 1.82) is 0 Å². The summed E-state index contributed by atoms with van der Waals surface area (Å²) < 4.78 is 0. The molecule has 0 aliphatic rings. The second kappa shape index (κ2) is 7.54. The Bertz CT molecular complexity index is 608. The minimum Gasteiger partial charge on any atom is -0.366 e. The van der Waals surface area contributed by atoms with Crippen molar-refractivity contribution in [2.45, 2.75) is 39.7 Å². The summed E-state index contributed by atoms with van der Waals surface area (Å²) in [5.41, 5.74) is 2.29. The number of hydrogen-bond acceptors (Lipinski definition) is 4. The Morgan fingerprint density at radius 2 is 1.86 bits per heavy atom. The molecule has 0 bridgehead atoms. The van der Waals surface area contributed by atoms with Crippen LogP contribution in [0.1, 0.15) is 43.2 Å². The molecule has 1 heterocycles. The zero-order chi connectivity index (χ0) is 15.9. The molecule has 2 N–H and O–H groups in total. The lowest BCUT2D eigenvalue weighted by molar-refractivity contribution is 0.102. The zero-order valence-corrected chi connectivity index (χ0v) is 13.3. The van der Waals surface area contributed by atoms with E-state index in [4.69, 9.17) is 0 Å². The van der Waals surface area contributed by atoms with E-state index in [1.54, 1.807) is 6.20 Å². The van der Waals surface area contributed by atoms with Crippen LogP contribution in [0.25, 0.3) is 0 Å². The summed E-state index contributed by atoms with van der Waals surface area (Å²) in [5, 5.41) is 6.03. The van der Waals surface area contributed by atoms with Crippen LogP contribution in [-0.4, -0.2) is 21.9 Å². The maximum atomic E-state index is 12.1. The van der Waals surface area contributed by atoms with Gasteiger partial charge >= 0.3 is 0 Å². The molecule has 2 rings (SSSR count). The fourth-order valence-corrected chi connectivity index (χ4v) is 1.89. The van der Waals surface area contributed by atoms with E-state index in [-0.39, 0.29) is 5.91 Å². The van der Waals surface area contributed by atoms with E-state index < -0.39 is 0 Å². The van der Waals surface area contributed by atoms with Gasteiger partial charge in [-0.25, -0.2) is 9.97 Å². The van der Waals surface area contributed by atoms with E-state index in [1.807, 2.05) is 24.3 Å². The van der Waals surface area contributed by atoms with Crippen molar-refractivity contribution in [3.63, 3.8) is 0 Å². The first-order valence-electron chi connectivity index (χ1n) is 7.61. The number of rotatable bonds is 6. The van der Waals surface area contributed by atoms with Crippen molar-refractivity contribution < 1.29 is 4.79 Å². The van der Waals surface area contributed by atoms with E-state index in [9.17, 15) is 4.79 Å². The van der Waals surface area contributed by atoms with E-state index in [2.05, 4.69) is 41.4 Å². The van der Waals surface area contributed by atoms with Gasteiger partial charge in [0.25, 0.3) is 5.91 Å². The Labute approximate surface area is 131 Å². The summed E-state index contributed by atoms with van der Waals surface area (Å²) in [6, 6.07) is 8.11. The molecule has 0 aliphatic heterocycles. The fourth-order valence-electron chi connectivity index (χ4n) is 1.89. The average molecular weight is 298 g/mol. The molecule has 0 saturated carbocycles. The number of nitrogens with zero attached hydrogens (tertiary/aromatic N) is 2. The molecule has 1 aromatic heterocycles. The second-order valence-electron chi connectivity index (χ2n) is 5.25. The van der Waals surface area contributed by atoms with Crippen molar-refractivity contribution in [2.75, 3.05) is 10.6 Å². The minimum absolute atomic E-state index is 0.258. The van der Waals surface area contributed by atoms with Crippen LogP contribution in [0, 0.1) is 0 Å². The average Bonchev–Trinajstić information content (AvgIpc) is 2.56. The number of aromatic nitrogens is 2. The van der Waals surface area contributed by atoms with Crippen LogP contribution in [0.4, 0.5) is 11.5 Å². The zero-order valence-electron chi connectivity index (χ0n) is 13.3. The van der Waals surface area contributed by atoms with Gasteiger partial charge in [0.05, 0.1) is 12.4 Å². The van der Waals surface area contributed by atoms with Crippen molar-refractivity contribution in [1.82, 2.24) is 9.97 Å². The van der Waals surface area contributed by atoms with Gasteiger partial charge < -0.3 is 10.6 Å². The molecule has 116 valence electrons. The standard InChI is InChI=1S/C17H22N4O/c1-4-12(3)20-16-11-18-15(10-19-16)17(22)21-14-8-6-13(5-2)7-9-14/h6-12H,4-5H2,1-3H3,(H,19,20)(H,21,22). The lowest BCUT2D eigenvalue weighted by Gasteiger charge is -2.11. The maximum absolute atomic E-state index is 12.1. The lowest BCUT2D eigenvalue weighted by Crippen LogP contribution is -2.17. The largest absolute Gasteiger partial charge is 0.366 e. The third kappa shape index (κ3) is 4.28. The lowest BCUT2D eigenvalue weighted by atomic mass is 10.1. The third-order valence-electron chi connectivity index (χ3n) is 3.51. The molecule has 0 saturated heterocycles. The third-order valence-corrected chi connectivity index (χ3v) is 3.51. The number of hydrogen-bond donors (Lipinski definition) is 2. The van der Waals surface area contributed by atoms with Crippen molar-refractivity contribution in [2.24, 2.45) is 0 Å². The molecule has 22 heavy (non-hydrogen) atoms. The molecule has 1 amide bonds. The van der Waals surface area contributed by atoms with E-state index in [1.165, 1.54) is 11.8 Å². The molecule has 0 fully saturated rings. The first-order chi connectivity index (χ1) is 10.6. The summed E-state index contributed by atoms with van der Waals surface area (Å²) in [5.74, 6) is 0.421. The molecule has 1 atom stereocenters. The Morgan fingerprint density at radius 3 is 2.41 bits per heavy atom. The summed E-state index contributed by atoms with van der Waals surface area (Å²) >= 11 is 0. The van der Waals surface area contributed by atoms with Crippen LogP contribution in [0.15, 0.2) is 36.7 Å². The predicted molar refractivity (Wildman–Crippen MR) is 89.2 cm³/mol. The van der Waals surface area contributed by atoms with Gasteiger partial charge in [0.1, 0.15) is 11.5 Å². The van der Waals surface area contributed by atoms with Gasteiger partial charge in [0.2, 0.25) is 0 Å². The van der Waals surface area contributed by atoms with Crippen LogP contribution < -0.4 is 10.6 Å². The van der Waals surface area contributed by atoms with Gasteiger partial charge in [-0.2, -0.15) is 0 Å². The molecule has 0 radical (unpaired) electrons. The molecule has 0 spiro atoms. The van der Waals surface area contributed by atoms with Gasteiger partial charge in [-0.1, -0.05) is 26.0 Å². The van der Waals surface area contributed by atoms with Gasteiger partial charge in [0, 0.05) is 11.7 Å². The van der Waals surface area contributed by atoms with Crippen LogP contribution in [0.5, 0.6) is 0 Å². The Balaban J connectivity index is 1.99. The molecule has 1 aromatic carbocycles. The van der Waals surface area contributed by atoms with Crippen LogP contribution in [0.3, 0.4) is 0 Å². The Kier molecular flexibility index (Phi) is 5.47. The van der Waals surface area contributed by atoms with Crippen LogP contribution in [-0.2, 0) is 6.42 Å². The number of nitrogens with one attached hydrogen (secondary N) is 2. The highest BCUT2D eigenvalue weighted by Gasteiger charge is 2.09. The van der Waals surface area contributed by atoms with E-state index in [0.29, 0.717) is 17.6 Å². The number of benzene rings is 1. The highest BCUT2D eigenvalue weighted by molar-refractivity contribution is 6.02. The summed E-state index contributed by atoms with van der Waals surface area (Å²) in [4.78, 5) is 20.5. The summed E-state index contributed by atoms with van der Waals surface area (Å²) in [6.45, 7) is 6.26. The number of carbonyl (C=O) groups is 1. The smallest absolute Gasteiger partial charge is 0.275 e. The van der Waals surface area contributed by atoms with Gasteiger partial charge in [0.15, 0.2) is 0 Å². The number of carbonyl (C=O) groups excluding carboxylic acids is 1. The minimum atomic E-state index is -0.258. The van der Waals surface area contributed by atoms with Gasteiger partial charge in [-0.05, 0) is 37.5 Å². The predicted octanol–water partition coefficient (Wildman–Crippen LogP) is 3.50. The van der Waals surface area contributed by atoms with Gasteiger partial charge in [-0.15, -0.1) is 0 Å². The van der Waals surface area contributed by atoms with Crippen molar-refractivity contribution in [3.8, 4) is 0 Å². The monoisotopic (exact) mass is 298 g/mol. The molecule has 0 aliphatic carbocycles. The van der Waals surface area contributed by atoms with Crippen molar-refractivity contribution in [3.05, 3.63) is 47.9 Å². The Morgan fingerprint density at radius 1 is 1.14 bits per heavy atom. The maximum Gasteiger partial charge on any atom is 0.275 e.